The molecule has 3 heterocycles. The molecule has 0 saturated carbocycles. The minimum atomic E-state index is -0.412. The van der Waals surface area contributed by atoms with Crippen LogP contribution in [0.1, 0.15) is 40.3 Å². The summed E-state index contributed by atoms with van der Waals surface area (Å²) in [6.07, 6.45) is 1.86. The molecule has 198 valence electrons. The topological polar surface area (TPSA) is 96.7 Å². The molecule has 1 fully saturated rings. The van der Waals surface area contributed by atoms with E-state index in [9.17, 15) is 14.0 Å². The Bertz CT molecular complexity index is 1480. The molecule has 2 aromatic carbocycles. The molecule has 0 radical (unpaired) electrons. The number of halogens is 1. The second kappa shape index (κ2) is 11.4. The molecule has 8 nitrogen and oxygen atoms in total. The number of anilines is 1. The number of thiocarbonyl (C=S) groups is 1. The largest absolute Gasteiger partial charge is 0.465 e. The van der Waals surface area contributed by atoms with Gasteiger partial charge in [-0.15, -0.1) is 0 Å². The summed E-state index contributed by atoms with van der Waals surface area (Å²) in [5.74, 6) is 0.249. The van der Waals surface area contributed by atoms with Crippen molar-refractivity contribution in [2.75, 3.05) is 19.0 Å². The fourth-order valence-electron chi connectivity index (χ4n) is 4.49. The third kappa shape index (κ3) is 5.80. The van der Waals surface area contributed by atoms with Crippen LogP contribution in [-0.4, -0.2) is 40.5 Å². The molecule has 0 bridgehead atoms. The van der Waals surface area contributed by atoms with Crippen LogP contribution in [0.2, 0.25) is 0 Å². The summed E-state index contributed by atoms with van der Waals surface area (Å²) >= 11 is 5.67. The van der Waals surface area contributed by atoms with Gasteiger partial charge in [0.1, 0.15) is 23.4 Å². The zero-order chi connectivity index (χ0) is 27.4. The number of methoxy groups -OCH3 is 1. The van der Waals surface area contributed by atoms with E-state index in [0.29, 0.717) is 34.4 Å². The summed E-state index contributed by atoms with van der Waals surface area (Å²) in [4.78, 5) is 30.9. The summed E-state index contributed by atoms with van der Waals surface area (Å²) in [6, 6.07) is 21.3. The van der Waals surface area contributed by atoms with Gasteiger partial charge in [-0.2, -0.15) is 0 Å². The third-order valence-electron chi connectivity index (χ3n) is 6.41. The van der Waals surface area contributed by atoms with Crippen LogP contribution < -0.4 is 10.6 Å². The second-order valence-electron chi connectivity index (χ2n) is 8.90. The molecular weight excluding hydrogens is 519 g/mol. The molecule has 0 aliphatic carbocycles. The van der Waals surface area contributed by atoms with Gasteiger partial charge in [-0.05, 0) is 72.9 Å². The lowest BCUT2D eigenvalue weighted by molar-refractivity contribution is -0.116. The maximum atomic E-state index is 13.2. The van der Waals surface area contributed by atoms with Gasteiger partial charge in [-0.1, -0.05) is 18.2 Å². The van der Waals surface area contributed by atoms with Crippen LogP contribution in [0, 0.1) is 5.82 Å². The Hall–Kier alpha value is -4.57. The zero-order valence-corrected chi connectivity index (χ0v) is 21.8. The molecule has 4 aromatic rings. The van der Waals surface area contributed by atoms with Gasteiger partial charge in [0.15, 0.2) is 5.11 Å². The van der Waals surface area contributed by atoms with Crippen molar-refractivity contribution in [3.8, 4) is 11.3 Å². The molecule has 5 rings (SSSR count). The van der Waals surface area contributed by atoms with Crippen molar-refractivity contribution < 1.29 is 23.1 Å². The Morgan fingerprint density at radius 2 is 1.85 bits per heavy atom. The molecule has 39 heavy (non-hydrogen) atoms. The van der Waals surface area contributed by atoms with Crippen molar-refractivity contribution in [3.05, 3.63) is 108 Å². The lowest BCUT2D eigenvalue weighted by atomic mass is 10.0. The predicted octanol–water partition coefficient (Wildman–Crippen LogP) is 5.27. The van der Waals surface area contributed by atoms with E-state index in [4.69, 9.17) is 21.4 Å². The highest BCUT2D eigenvalue weighted by molar-refractivity contribution is 7.80. The number of ether oxygens (including phenoxy) is 1. The van der Waals surface area contributed by atoms with E-state index in [-0.39, 0.29) is 30.2 Å². The number of rotatable bonds is 8. The maximum absolute atomic E-state index is 13.2. The number of aromatic nitrogens is 1. The number of pyridine rings is 1. The van der Waals surface area contributed by atoms with Crippen LogP contribution in [0.4, 0.5) is 10.1 Å². The van der Waals surface area contributed by atoms with E-state index in [0.717, 1.165) is 11.3 Å². The quantitative estimate of drug-likeness (QED) is 0.229. The second-order valence-corrected chi connectivity index (χ2v) is 9.28. The van der Waals surface area contributed by atoms with E-state index < -0.39 is 5.97 Å². The van der Waals surface area contributed by atoms with Gasteiger partial charge < -0.3 is 24.7 Å². The number of furan rings is 1. The minimum absolute atomic E-state index is 0.146. The molecular formula is C29H25FN4O4S. The zero-order valence-electron chi connectivity index (χ0n) is 21.0. The summed E-state index contributed by atoms with van der Waals surface area (Å²) in [5, 5.41) is 6.59. The number of nitrogens with zero attached hydrogens (tertiary/aromatic N) is 2. The number of carbonyl (C=O) groups is 2. The Labute approximate surface area is 229 Å². The Kier molecular flexibility index (Phi) is 7.64. The highest BCUT2D eigenvalue weighted by atomic mass is 32.1. The number of hydrogen-bond donors (Lipinski definition) is 2. The van der Waals surface area contributed by atoms with Crippen LogP contribution in [-0.2, 0) is 9.53 Å². The molecule has 10 heteroatoms. The molecule has 0 spiro atoms. The van der Waals surface area contributed by atoms with Crippen molar-refractivity contribution in [1.29, 1.82) is 0 Å². The summed E-state index contributed by atoms with van der Waals surface area (Å²) in [5.41, 5.74) is 2.53. The molecule has 1 aliphatic rings. The fraction of sp³-hybridized carbons (Fsp3) is 0.172. The van der Waals surface area contributed by atoms with Gasteiger partial charge in [0.25, 0.3) is 0 Å². The SMILES string of the molecule is COC(=O)c1ccc(-c2ccc([C@H]3[C@@H](c4ccccn4)NC(=S)N3CCC(=O)Nc3ccc(F)cc3)o2)cc1. The maximum Gasteiger partial charge on any atom is 0.337 e. The first-order valence-electron chi connectivity index (χ1n) is 12.2. The van der Waals surface area contributed by atoms with Crippen LogP contribution in [0.3, 0.4) is 0 Å². The van der Waals surface area contributed by atoms with E-state index >= 15 is 0 Å². The van der Waals surface area contributed by atoms with Crippen molar-refractivity contribution in [3.63, 3.8) is 0 Å². The number of hydrogen-bond acceptors (Lipinski definition) is 6. The highest BCUT2D eigenvalue weighted by Crippen LogP contribution is 2.40. The summed E-state index contributed by atoms with van der Waals surface area (Å²) < 4.78 is 24.3. The van der Waals surface area contributed by atoms with Gasteiger partial charge >= 0.3 is 5.97 Å². The van der Waals surface area contributed by atoms with Crippen molar-refractivity contribution in [1.82, 2.24) is 15.2 Å². The van der Waals surface area contributed by atoms with E-state index in [1.807, 2.05) is 35.2 Å². The van der Waals surface area contributed by atoms with E-state index in [2.05, 4.69) is 15.6 Å². The van der Waals surface area contributed by atoms with Crippen LogP contribution in [0.15, 0.2) is 89.5 Å². The van der Waals surface area contributed by atoms with Gasteiger partial charge in [0.2, 0.25) is 5.91 Å². The normalized spacial score (nSPS) is 16.6. The number of esters is 1. The third-order valence-corrected chi connectivity index (χ3v) is 6.77. The van der Waals surface area contributed by atoms with Crippen molar-refractivity contribution in [2.45, 2.75) is 18.5 Å². The first-order chi connectivity index (χ1) is 18.9. The van der Waals surface area contributed by atoms with Gasteiger partial charge in [0, 0.05) is 30.4 Å². The van der Waals surface area contributed by atoms with Gasteiger partial charge in [-0.3, -0.25) is 9.78 Å². The molecule has 2 atom stereocenters. The first-order valence-corrected chi connectivity index (χ1v) is 12.7. The molecule has 0 unspecified atom stereocenters. The Morgan fingerprint density at radius 3 is 2.54 bits per heavy atom. The summed E-state index contributed by atoms with van der Waals surface area (Å²) in [6.45, 7) is 0.316. The minimum Gasteiger partial charge on any atom is -0.465 e. The van der Waals surface area contributed by atoms with E-state index in [1.54, 1.807) is 30.5 Å². The fourth-order valence-corrected chi connectivity index (χ4v) is 4.82. The summed E-state index contributed by atoms with van der Waals surface area (Å²) in [7, 11) is 1.34. The number of benzene rings is 2. The Balaban J connectivity index is 1.38. The van der Waals surface area contributed by atoms with Crippen molar-refractivity contribution >= 4 is 34.9 Å². The number of carbonyl (C=O) groups excluding carboxylic acids is 2. The monoisotopic (exact) mass is 544 g/mol. The smallest absolute Gasteiger partial charge is 0.337 e. The molecule has 2 aromatic heterocycles. The van der Waals surface area contributed by atoms with Gasteiger partial charge in [-0.25, -0.2) is 9.18 Å². The number of amides is 1. The predicted molar refractivity (Wildman–Crippen MR) is 147 cm³/mol. The lowest BCUT2D eigenvalue weighted by Gasteiger charge is -2.25. The molecule has 2 N–H and O–H groups in total. The lowest BCUT2D eigenvalue weighted by Crippen LogP contribution is -2.32. The van der Waals surface area contributed by atoms with E-state index in [1.165, 1.54) is 31.4 Å². The molecule has 1 aliphatic heterocycles. The van der Waals surface area contributed by atoms with Crippen LogP contribution >= 0.6 is 12.2 Å². The van der Waals surface area contributed by atoms with Crippen molar-refractivity contribution in [2.24, 2.45) is 0 Å². The average Bonchev–Trinajstić information content (AvgIpc) is 3.58. The highest BCUT2D eigenvalue weighted by Gasteiger charge is 2.41. The van der Waals surface area contributed by atoms with Crippen LogP contribution in [0.5, 0.6) is 0 Å². The first kappa shape index (κ1) is 26.1. The van der Waals surface area contributed by atoms with Crippen LogP contribution in [0.25, 0.3) is 11.3 Å². The van der Waals surface area contributed by atoms with Gasteiger partial charge in [0.05, 0.1) is 24.4 Å². The Morgan fingerprint density at radius 1 is 1.08 bits per heavy atom. The number of nitrogens with one attached hydrogen (secondary N) is 2. The standard InChI is InChI=1S/C29H25FN4O4S/c1-37-28(36)19-7-5-18(6-8-19)23-13-14-24(38-23)27-26(22-4-2-3-16-31-22)33-29(39)34(27)17-15-25(35)32-21-11-9-20(30)10-12-21/h2-14,16,26-27H,15,17H2,1H3,(H,32,35)(H,33,39)/t26-,27+/m1/s1. The molecule has 1 amide bonds. The molecule has 1 saturated heterocycles. The average molecular weight is 545 g/mol.